The van der Waals surface area contributed by atoms with Crippen LogP contribution in [0.25, 0.3) is 0 Å². The molecule has 0 N–H and O–H groups in total. The van der Waals surface area contributed by atoms with Crippen molar-refractivity contribution < 1.29 is 4.39 Å². The highest BCUT2D eigenvalue weighted by molar-refractivity contribution is 9.10. The predicted octanol–water partition coefficient (Wildman–Crippen LogP) is 3.67. The van der Waals surface area contributed by atoms with E-state index in [0.29, 0.717) is 0 Å². The van der Waals surface area contributed by atoms with E-state index in [9.17, 15) is 4.39 Å². The summed E-state index contributed by atoms with van der Waals surface area (Å²) in [5.41, 5.74) is 1.05. The molecule has 0 saturated carbocycles. The number of rotatable bonds is 3. The van der Waals surface area contributed by atoms with Crippen molar-refractivity contribution in [3.63, 3.8) is 0 Å². The third kappa shape index (κ3) is 3.02. The van der Waals surface area contributed by atoms with Crippen LogP contribution in [0.15, 0.2) is 46.3 Å². The van der Waals surface area contributed by atoms with Crippen molar-refractivity contribution in [3.05, 3.63) is 52.6 Å². The molecule has 2 nitrogen and oxygen atoms in total. The average molecular weight is 299 g/mol. The van der Waals surface area contributed by atoms with Gasteiger partial charge in [0.1, 0.15) is 12.1 Å². The highest BCUT2D eigenvalue weighted by Gasteiger charge is 2.02. The number of hydrogen-bond acceptors (Lipinski definition) is 3. The van der Waals surface area contributed by atoms with E-state index in [4.69, 9.17) is 0 Å². The molecule has 0 radical (unpaired) electrons. The van der Waals surface area contributed by atoms with E-state index in [1.807, 2.05) is 6.07 Å². The first-order valence-electron chi connectivity index (χ1n) is 4.58. The first-order valence-corrected chi connectivity index (χ1v) is 6.36. The van der Waals surface area contributed by atoms with Crippen molar-refractivity contribution in [1.82, 2.24) is 9.97 Å². The zero-order valence-corrected chi connectivity index (χ0v) is 10.6. The summed E-state index contributed by atoms with van der Waals surface area (Å²) in [6, 6.07) is 6.55. The molecule has 0 fully saturated rings. The molecule has 0 aliphatic carbocycles. The Morgan fingerprint density at radius 1 is 1.31 bits per heavy atom. The minimum Gasteiger partial charge on any atom is -0.245 e. The Labute approximate surface area is 105 Å². The molecule has 2 aromatic rings. The van der Waals surface area contributed by atoms with Crippen LogP contribution in [0.1, 0.15) is 5.56 Å². The summed E-state index contributed by atoms with van der Waals surface area (Å²) in [5, 5.41) is 0.909. The normalized spacial score (nSPS) is 10.4. The van der Waals surface area contributed by atoms with Crippen LogP contribution >= 0.6 is 27.7 Å². The molecule has 82 valence electrons. The average Bonchev–Trinajstić information content (AvgIpc) is 2.29. The molecule has 1 aromatic carbocycles. The molecule has 0 aliphatic rings. The van der Waals surface area contributed by atoms with E-state index < -0.39 is 0 Å². The van der Waals surface area contributed by atoms with E-state index in [1.54, 1.807) is 24.0 Å². The van der Waals surface area contributed by atoms with E-state index in [2.05, 4.69) is 25.9 Å². The number of nitrogens with zero attached hydrogens (tertiary/aromatic N) is 2. The molecule has 16 heavy (non-hydrogen) atoms. The van der Waals surface area contributed by atoms with Crippen molar-refractivity contribution in [2.45, 2.75) is 10.8 Å². The van der Waals surface area contributed by atoms with E-state index in [-0.39, 0.29) is 5.82 Å². The van der Waals surface area contributed by atoms with Gasteiger partial charge in [-0.25, -0.2) is 14.4 Å². The second-order valence-corrected chi connectivity index (χ2v) is 4.92. The topological polar surface area (TPSA) is 25.8 Å². The summed E-state index contributed by atoms with van der Waals surface area (Å²) in [6.45, 7) is 0. The fourth-order valence-corrected chi connectivity index (χ4v) is 2.66. The van der Waals surface area contributed by atoms with E-state index in [0.717, 1.165) is 20.8 Å². The summed E-state index contributed by atoms with van der Waals surface area (Å²) >= 11 is 4.92. The molecular formula is C11H8BrFN2S. The van der Waals surface area contributed by atoms with E-state index in [1.165, 1.54) is 18.5 Å². The fourth-order valence-electron chi connectivity index (χ4n) is 1.15. The molecule has 0 spiro atoms. The molecule has 5 heteroatoms. The van der Waals surface area contributed by atoms with Crippen LogP contribution in [0.2, 0.25) is 0 Å². The van der Waals surface area contributed by atoms with Gasteiger partial charge >= 0.3 is 0 Å². The number of halogens is 2. The van der Waals surface area contributed by atoms with Gasteiger partial charge in [0.05, 0.1) is 5.03 Å². The summed E-state index contributed by atoms with van der Waals surface area (Å²) < 4.78 is 13.6. The molecule has 0 amide bonds. The van der Waals surface area contributed by atoms with Gasteiger partial charge in [0.25, 0.3) is 0 Å². The van der Waals surface area contributed by atoms with Crippen LogP contribution in [-0.4, -0.2) is 9.97 Å². The van der Waals surface area contributed by atoms with Gasteiger partial charge in [0.15, 0.2) is 0 Å². The summed E-state index contributed by atoms with van der Waals surface area (Å²) in [5.74, 6) is 0.514. The molecule has 0 aliphatic heterocycles. The number of thioether (sulfide) groups is 1. The second-order valence-electron chi connectivity index (χ2n) is 3.07. The van der Waals surface area contributed by atoms with Crippen LogP contribution in [-0.2, 0) is 5.75 Å². The molecule has 0 bridgehead atoms. The monoisotopic (exact) mass is 298 g/mol. The number of hydrogen-bond donors (Lipinski definition) is 0. The lowest BCUT2D eigenvalue weighted by molar-refractivity contribution is 0.626. The largest absolute Gasteiger partial charge is 0.245 e. The summed E-state index contributed by atoms with van der Waals surface area (Å²) in [6.07, 6.45) is 3.22. The van der Waals surface area contributed by atoms with Gasteiger partial charge < -0.3 is 0 Å². The zero-order valence-electron chi connectivity index (χ0n) is 8.23. The first kappa shape index (κ1) is 11.5. The first-order chi connectivity index (χ1) is 7.75. The fraction of sp³-hybridized carbons (Fsp3) is 0.0909. The maximum Gasteiger partial charge on any atom is 0.124 e. The maximum atomic E-state index is 12.9. The Morgan fingerprint density at radius 2 is 2.19 bits per heavy atom. The SMILES string of the molecule is Fc1ccc(CSc2ccncn2)c(Br)c1. The van der Waals surface area contributed by atoms with E-state index >= 15 is 0 Å². The van der Waals surface area contributed by atoms with Crippen LogP contribution in [0.5, 0.6) is 0 Å². The number of aromatic nitrogens is 2. The van der Waals surface area contributed by atoms with Gasteiger partial charge in [0, 0.05) is 16.4 Å². The lowest BCUT2D eigenvalue weighted by Gasteiger charge is -2.03. The molecule has 1 heterocycles. The van der Waals surface area contributed by atoms with Crippen molar-refractivity contribution in [2.24, 2.45) is 0 Å². The molecular weight excluding hydrogens is 291 g/mol. The molecule has 1 aromatic heterocycles. The Bertz CT molecular complexity index is 479. The molecule has 0 unspecified atom stereocenters. The van der Waals surface area contributed by atoms with Gasteiger partial charge in [-0.15, -0.1) is 11.8 Å². The lowest BCUT2D eigenvalue weighted by Crippen LogP contribution is -1.86. The summed E-state index contributed by atoms with van der Waals surface area (Å²) in [7, 11) is 0. The predicted molar refractivity (Wildman–Crippen MR) is 65.7 cm³/mol. The van der Waals surface area contributed by atoms with Crippen molar-refractivity contribution in [1.29, 1.82) is 0 Å². The summed E-state index contributed by atoms with van der Waals surface area (Å²) in [4.78, 5) is 7.95. The van der Waals surface area contributed by atoms with Gasteiger partial charge in [-0.1, -0.05) is 22.0 Å². The smallest absolute Gasteiger partial charge is 0.124 e. The number of benzene rings is 1. The quantitative estimate of drug-likeness (QED) is 0.639. The molecule has 0 atom stereocenters. The minimum absolute atomic E-state index is 0.234. The van der Waals surface area contributed by atoms with Crippen molar-refractivity contribution >= 4 is 27.7 Å². The Balaban J connectivity index is 2.05. The molecule has 2 rings (SSSR count). The lowest BCUT2D eigenvalue weighted by atomic mass is 10.2. The Hall–Kier alpha value is -0.940. The third-order valence-electron chi connectivity index (χ3n) is 1.95. The highest BCUT2D eigenvalue weighted by Crippen LogP contribution is 2.25. The maximum absolute atomic E-state index is 12.9. The van der Waals surface area contributed by atoms with Crippen LogP contribution in [0.3, 0.4) is 0 Å². The van der Waals surface area contributed by atoms with Gasteiger partial charge in [-0.2, -0.15) is 0 Å². The Kier molecular flexibility index (Phi) is 3.90. The van der Waals surface area contributed by atoms with Crippen LogP contribution < -0.4 is 0 Å². The van der Waals surface area contributed by atoms with Gasteiger partial charge in [0.2, 0.25) is 0 Å². The third-order valence-corrected chi connectivity index (χ3v) is 3.68. The van der Waals surface area contributed by atoms with Crippen molar-refractivity contribution in [3.8, 4) is 0 Å². The van der Waals surface area contributed by atoms with Crippen LogP contribution in [0, 0.1) is 5.82 Å². The minimum atomic E-state index is -0.234. The van der Waals surface area contributed by atoms with Gasteiger partial charge in [-0.3, -0.25) is 0 Å². The Morgan fingerprint density at radius 3 is 2.88 bits per heavy atom. The zero-order chi connectivity index (χ0) is 11.4. The van der Waals surface area contributed by atoms with Gasteiger partial charge in [-0.05, 0) is 23.8 Å². The van der Waals surface area contributed by atoms with Crippen molar-refractivity contribution in [2.75, 3.05) is 0 Å². The van der Waals surface area contributed by atoms with Crippen LogP contribution in [0.4, 0.5) is 4.39 Å². The second kappa shape index (κ2) is 5.41. The standard InChI is InChI=1S/C11H8BrFN2S/c12-10-5-9(13)2-1-8(10)6-16-11-3-4-14-7-15-11/h1-5,7H,6H2. The molecule has 0 saturated heterocycles. The highest BCUT2D eigenvalue weighted by atomic mass is 79.9.